The fourth-order valence-corrected chi connectivity index (χ4v) is 1.55. The van der Waals surface area contributed by atoms with E-state index in [9.17, 15) is 4.79 Å². The number of carbonyl (C=O) groups is 1. The monoisotopic (exact) mass is 225 g/mol. The van der Waals surface area contributed by atoms with Crippen molar-refractivity contribution in [1.82, 2.24) is 10.2 Å². The lowest BCUT2D eigenvalue weighted by Crippen LogP contribution is -2.40. The van der Waals surface area contributed by atoms with E-state index in [2.05, 4.69) is 16.3 Å². The molecule has 0 rings (SSSR count). The van der Waals surface area contributed by atoms with Gasteiger partial charge in [0.25, 0.3) is 0 Å². The standard InChI is InChI=1S/C12H23N3O/c1-5-12(6-2,10-13)11(16)14-8-7-9-15(3)4/h5-9H2,1-4H3,(H,14,16). The molecule has 0 saturated carbocycles. The zero-order chi connectivity index (χ0) is 12.6. The zero-order valence-electron chi connectivity index (χ0n) is 10.8. The highest BCUT2D eigenvalue weighted by molar-refractivity contribution is 5.85. The Morgan fingerprint density at radius 2 is 1.94 bits per heavy atom. The van der Waals surface area contributed by atoms with Gasteiger partial charge in [0.2, 0.25) is 5.91 Å². The first-order chi connectivity index (χ1) is 7.52. The van der Waals surface area contributed by atoms with Gasteiger partial charge in [-0.2, -0.15) is 5.26 Å². The molecule has 0 fully saturated rings. The molecule has 0 aliphatic carbocycles. The summed E-state index contributed by atoms with van der Waals surface area (Å²) in [4.78, 5) is 13.9. The van der Waals surface area contributed by atoms with Gasteiger partial charge in [0.1, 0.15) is 5.41 Å². The highest BCUT2D eigenvalue weighted by atomic mass is 16.2. The van der Waals surface area contributed by atoms with Crippen LogP contribution in [-0.4, -0.2) is 38.0 Å². The summed E-state index contributed by atoms with van der Waals surface area (Å²) in [6.07, 6.45) is 2.05. The van der Waals surface area contributed by atoms with E-state index in [0.29, 0.717) is 19.4 Å². The van der Waals surface area contributed by atoms with Crippen molar-refractivity contribution in [2.75, 3.05) is 27.2 Å². The van der Waals surface area contributed by atoms with Crippen LogP contribution in [0.4, 0.5) is 0 Å². The molecule has 4 heteroatoms. The molecule has 92 valence electrons. The zero-order valence-corrected chi connectivity index (χ0v) is 10.8. The minimum atomic E-state index is -0.835. The predicted molar refractivity (Wildman–Crippen MR) is 64.8 cm³/mol. The van der Waals surface area contributed by atoms with Crippen molar-refractivity contribution < 1.29 is 4.79 Å². The first kappa shape index (κ1) is 14.9. The average Bonchev–Trinajstić information content (AvgIpc) is 2.27. The summed E-state index contributed by atoms with van der Waals surface area (Å²) in [5.74, 6) is -0.126. The number of nitriles is 1. The van der Waals surface area contributed by atoms with Crippen molar-refractivity contribution in [1.29, 1.82) is 5.26 Å². The Balaban J connectivity index is 4.09. The highest BCUT2D eigenvalue weighted by Gasteiger charge is 2.34. The molecule has 0 aromatic rings. The van der Waals surface area contributed by atoms with Crippen LogP contribution in [-0.2, 0) is 4.79 Å². The lowest BCUT2D eigenvalue weighted by atomic mass is 9.83. The van der Waals surface area contributed by atoms with E-state index in [-0.39, 0.29) is 5.91 Å². The van der Waals surface area contributed by atoms with Crippen molar-refractivity contribution in [2.45, 2.75) is 33.1 Å². The maximum Gasteiger partial charge on any atom is 0.240 e. The molecule has 0 unspecified atom stereocenters. The molecule has 0 spiro atoms. The minimum absolute atomic E-state index is 0.126. The van der Waals surface area contributed by atoms with E-state index in [0.717, 1.165) is 13.0 Å². The van der Waals surface area contributed by atoms with Crippen molar-refractivity contribution in [2.24, 2.45) is 5.41 Å². The molecule has 4 nitrogen and oxygen atoms in total. The van der Waals surface area contributed by atoms with Crippen LogP contribution in [0.25, 0.3) is 0 Å². The van der Waals surface area contributed by atoms with E-state index in [1.165, 1.54) is 0 Å². The van der Waals surface area contributed by atoms with Crippen LogP contribution < -0.4 is 5.32 Å². The second-order valence-electron chi connectivity index (χ2n) is 4.31. The Hall–Kier alpha value is -1.08. The first-order valence-electron chi connectivity index (χ1n) is 5.86. The fourth-order valence-electron chi connectivity index (χ4n) is 1.55. The molecular formula is C12H23N3O. The molecule has 0 aliphatic heterocycles. The quantitative estimate of drug-likeness (QED) is 0.666. The van der Waals surface area contributed by atoms with E-state index < -0.39 is 5.41 Å². The second-order valence-corrected chi connectivity index (χ2v) is 4.31. The van der Waals surface area contributed by atoms with Crippen molar-refractivity contribution in [3.05, 3.63) is 0 Å². The first-order valence-corrected chi connectivity index (χ1v) is 5.86. The average molecular weight is 225 g/mol. The Morgan fingerprint density at radius 1 is 1.38 bits per heavy atom. The van der Waals surface area contributed by atoms with Crippen LogP contribution in [0.2, 0.25) is 0 Å². The minimum Gasteiger partial charge on any atom is -0.355 e. The van der Waals surface area contributed by atoms with Gasteiger partial charge < -0.3 is 10.2 Å². The van der Waals surface area contributed by atoms with E-state index >= 15 is 0 Å². The largest absolute Gasteiger partial charge is 0.355 e. The van der Waals surface area contributed by atoms with Crippen LogP contribution in [0.15, 0.2) is 0 Å². The third kappa shape index (κ3) is 4.19. The lowest BCUT2D eigenvalue weighted by Gasteiger charge is -2.22. The second kappa shape index (κ2) is 7.24. The molecule has 1 amide bonds. The molecule has 1 N–H and O–H groups in total. The molecule has 0 atom stereocenters. The summed E-state index contributed by atoms with van der Waals surface area (Å²) in [6, 6.07) is 2.14. The predicted octanol–water partition coefficient (Wildman–Crippen LogP) is 1.38. The van der Waals surface area contributed by atoms with Crippen LogP contribution in [0.5, 0.6) is 0 Å². The van der Waals surface area contributed by atoms with Gasteiger partial charge in [-0.3, -0.25) is 4.79 Å². The SMILES string of the molecule is CCC(C#N)(CC)C(=O)NCCCN(C)C. The molecule has 0 aromatic heterocycles. The van der Waals surface area contributed by atoms with Gasteiger partial charge in [0.05, 0.1) is 6.07 Å². The molecule has 0 bridgehead atoms. The van der Waals surface area contributed by atoms with E-state index in [4.69, 9.17) is 5.26 Å². The smallest absolute Gasteiger partial charge is 0.240 e. The molecule has 0 heterocycles. The number of nitrogens with one attached hydrogen (secondary N) is 1. The van der Waals surface area contributed by atoms with Gasteiger partial charge in [-0.05, 0) is 39.9 Å². The molecule has 0 aromatic carbocycles. The van der Waals surface area contributed by atoms with Crippen LogP contribution in [0.1, 0.15) is 33.1 Å². The Labute approximate surface area is 98.6 Å². The summed E-state index contributed by atoms with van der Waals surface area (Å²) in [5, 5.41) is 11.9. The number of amides is 1. The number of hydrogen-bond donors (Lipinski definition) is 1. The molecular weight excluding hydrogens is 202 g/mol. The van der Waals surface area contributed by atoms with Crippen molar-refractivity contribution in [3.63, 3.8) is 0 Å². The molecule has 16 heavy (non-hydrogen) atoms. The van der Waals surface area contributed by atoms with E-state index in [1.807, 2.05) is 27.9 Å². The van der Waals surface area contributed by atoms with Crippen molar-refractivity contribution in [3.8, 4) is 6.07 Å². The summed E-state index contributed by atoms with van der Waals surface area (Å²) in [6.45, 7) is 5.34. The topological polar surface area (TPSA) is 56.1 Å². The highest BCUT2D eigenvalue weighted by Crippen LogP contribution is 2.25. The van der Waals surface area contributed by atoms with Crippen LogP contribution in [0.3, 0.4) is 0 Å². The van der Waals surface area contributed by atoms with Crippen LogP contribution in [0, 0.1) is 16.7 Å². The van der Waals surface area contributed by atoms with Crippen LogP contribution >= 0.6 is 0 Å². The third-order valence-corrected chi connectivity index (χ3v) is 2.92. The Kier molecular flexibility index (Phi) is 6.75. The number of hydrogen-bond acceptors (Lipinski definition) is 3. The maximum absolute atomic E-state index is 11.9. The third-order valence-electron chi connectivity index (χ3n) is 2.92. The summed E-state index contributed by atoms with van der Waals surface area (Å²) >= 11 is 0. The number of carbonyl (C=O) groups excluding carboxylic acids is 1. The molecule has 0 radical (unpaired) electrons. The maximum atomic E-state index is 11.9. The van der Waals surface area contributed by atoms with Gasteiger partial charge in [-0.15, -0.1) is 0 Å². The van der Waals surface area contributed by atoms with Gasteiger partial charge >= 0.3 is 0 Å². The normalized spacial score (nSPS) is 11.2. The van der Waals surface area contributed by atoms with Gasteiger partial charge in [-0.25, -0.2) is 0 Å². The molecule has 0 saturated heterocycles. The van der Waals surface area contributed by atoms with Crippen molar-refractivity contribution >= 4 is 5.91 Å². The molecule has 0 aliphatic rings. The lowest BCUT2D eigenvalue weighted by molar-refractivity contribution is -0.128. The number of nitrogens with zero attached hydrogens (tertiary/aromatic N) is 2. The fraction of sp³-hybridized carbons (Fsp3) is 0.833. The van der Waals surface area contributed by atoms with E-state index in [1.54, 1.807) is 0 Å². The van der Waals surface area contributed by atoms with Gasteiger partial charge in [0.15, 0.2) is 0 Å². The van der Waals surface area contributed by atoms with Gasteiger partial charge in [-0.1, -0.05) is 13.8 Å². The summed E-state index contributed by atoms with van der Waals surface area (Å²) in [5.41, 5.74) is -0.835. The Bertz CT molecular complexity index is 251. The summed E-state index contributed by atoms with van der Waals surface area (Å²) < 4.78 is 0. The Morgan fingerprint density at radius 3 is 2.31 bits per heavy atom. The summed E-state index contributed by atoms with van der Waals surface area (Å²) in [7, 11) is 4.00. The number of rotatable bonds is 7. The van der Waals surface area contributed by atoms with Gasteiger partial charge in [0, 0.05) is 6.54 Å².